The Hall–Kier alpha value is -0.500. The highest BCUT2D eigenvalue weighted by molar-refractivity contribution is 7.11. The van der Waals surface area contributed by atoms with Gasteiger partial charge in [-0.15, -0.1) is 11.3 Å². The molecule has 4 rings (SSSR count). The van der Waals surface area contributed by atoms with Crippen molar-refractivity contribution in [3.8, 4) is 0 Å². The van der Waals surface area contributed by atoms with Gasteiger partial charge in [-0.25, -0.2) is 0 Å². The lowest BCUT2D eigenvalue weighted by Crippen LogP contribution is -2.56. The predicted molar refractivity (Wildman–Crippen MR) is 106 cm³/mol. The third-order valence-corrected chi connectivity index (χ3v) is 7.12. The van der Waals surface area contributed by atoms with Crippen LogP contribution in [0, 0.1) is 0 Å². The van der Waals surface area contributed by atoms with Crippen LogP contribution in [0.2, 0.25) is 0 Å². The van der Waals surface area contributed by atoms with Gasteiger partial charge in [0.2, 0.25) is 0 Å². The Morgan fingerprint density at radius 3 is 2.31 bits per heavy atom. The van der Waals surface area contributed by atoms with Crippen molar-refractivity contribution in [2.75, 3.05) is 52.5 Å². The lowest BCUT2D eigenvalue weighted by atomic mass is 9.99. The fraction of sp³-hybridized carbons (Fsp3) is 0.800. The summed E-state index contributed by atoms with van der Waals surface area (Å²) in [5, 5.41) is 10.7. The second-order valence-corrected chi connectivity index (χ2v) is 9.26. The van der Waals surface area contributed by atoms with Gasteiger partial charge >= 0.3 is 0 Å². The molecular weight excluding hydrogens is 346 g/mol. The number of aliphatic hydroxyl groups excluding tert-OH is 1. The number of rotatable bonds is 5. The summed E-state index contributed by atoms with van der Waals surface area (Å²) in [5.41, 5.74) is 0. The Balaban J connectivity index is 1.26. The molecule has 3 aliphatic heterocycles. The molecule has 5 nitrogen and oxygen atoms in total. The maximum absolute atomic E-state index is 10.7. The quantitative estimate of drug-likeness (QED) is 0.847. The average molecular weight is 380 g/mol. The zero-order valence-electron chi connectivity index (χ0n) is 15.8. The minimum Gasteiger partial charge on any atom is -0.390 e. The highest BCUT2D eigenvalue weighted by Crippen LogP contribution is 2.24. The molecule has 0 bridgehead atoms. The van der Waals surface area contributed by atoms with Crippen LogP contribution >= 0.6 is 11.3 Å². The molecule has 0 amide bonds. The monoisotopic (exact) mass is 379 g/mol. The molecule has 1 aromatic rings. The van der Waals surface area contributed by atoms with E-state index in [1.54, 1.807) is 0 Å². The Labute approximate surface area is 161 Å². The molecule has 0 aliphatic carbocycles. The van der Waals surface area contributed by atoms with Crippen molar-refractivity contribution in [1.82, 2.24) is 14.7 Å². The van der Waals surface area contributed by atoms with Crippen molar-refractivity contribution in [1.29, 1.82) is 0 Å². The van der Waals surface area contributed by atoms with Crippen molar-refractivity contribution in [2.45, 2.75) is 50.9 Å². The van der Waals surface area contributed by atoms with Crippen LogP contribution in [0.1, 0.15) is 35.4 Å². The third-order valence-electron chi connectivity index (χ3n) is 6.07. The summed E-state index contributed by atoms with van der Waals surface area (Å²) in [6.07, 6.45) is 4.93. The minimum atomic E-state index is -0.241. The lowest BCUT2D eigenvalue weighted by Gasteiger charge is -2.42. The highest BCUT2D eigenvalue weighted by Gasteiger charge is 2.32. The Morgan fingerprint density at radius 2 is 1.62 bits per heavy atom. The van der Waals surface area contributed by atoms with Gasteiger partial charge < -0.3 is 9.84 Å². The minimum absolute atomic E-state index is 0.241. The van der Waals surface area contributed by atoms with Gasteiger partial charge in [0.05, 0.1) is 19.3 Å². The third kappa shape index (κ3) is 4.86. The first-order valence-corrected chi connectivity index (χ1v) is 11.1. The summed E-state index contributed by atoms with van der Waals surface area (Å²) in [7, 11) is 0. The molecule has 2 atom stereocenters. The van der Waals surface area contributed by atoms with Gasteiger partial charge in [0.1, 0.15) is 0 Å². The molecule has 1 aromatic heterocycles. The van der Waals surface area contributed by atoms with E-state index in [1.807, 2.05) is 11.3 Å². The molecule has 3 saturated heterocycles. The summed E-state index contributed by atoms with van der Waals surface area (Å²) >= 11 is 1.96. The van der Waals surface area contributed by atoms with Crippen molar-refractivity contribution in [3.05, 3.63) is 21.9 Å². The number of nitrogens with zero attached hydrogens (tertiary/aromatic N) is 3. The molecule has 26 heavy (non-hydrogen) atoms. The van der Waals surface area contributed by atoms with Crippen molar-refractivity contribution in [2.24, 2.45) is 0 Å². The first-order valence-electron chi connectivity index (χ1n) is 10.3. The van der Waals surface area contributed by atoms with E-state index in [0.717, 1.165) is 58.9 Å². The molecule has 0 saturated carbocycles. The Kier molecular flexibility index (Phi) is 6.62. The van der Waals surface area contributed by atoms with E-state index in [0.29, 0.717) is 6.04 Å². The molecule has 3 aliphatic rings. The molecule has 4 heterocycles. The zero-order valence-corrected chi connectivity index (χ0v) is 16.6. The predicted octanol–water partition coefficient (Wildman–Crippen LogP) is 2.00. The number of likely N-dealkylation sites (tertiary alicyclic amines) is 2. The molecule has 0 aromatic carbocycles. The second-order valence-electron chi connectivity index (χ2n) is 8.01. The summed E-state index contributed by atoms with van der Waals surface area (Å²) in [6.45, 7) is 10.0. The Morgan fingerprint density at radius 1 is 0.923 bits per heavy atom. The smallest absolute Gasteiger partial charge is 0.0822 e. The van der Waals surface area contributed by atoms with Crippen LogP contribution in [0.25, 0.3) is 0 Å². The molecule has 6 heteroatoms. The summed E-state index contributed by atoms with van der Waals surface area (Å²) in [4.78, 5) is 10.4. The molecule has 1 N–H and O–H groups in total. The first-order chi connectivity index (χ1) is 12.8. The van der Waals surface area contributed by atoms with Crippen LogP contribution < -0.4 is 0 Å². The van der Waals surface area contributed by atoms with Crippen LogP contribution in [0.4, 0.5) is 0 Å². The SMILES string of the molecule is O[C@@H]1CN(Cc2ccc(CN3CCCCC3)s2)CC[C@H]1N1CCOCC1. The van der Waals surface area contributed by atoms with Crippen LogP contribution in [-0.2, 0) is 17.8 Å². The van der Waals surface area contributed by atoms with Gasteiger partial charge in [-0.3, -0.25) is 14.7 Å². The molecule has 0 radical (unpaired) electrons. The van der Waals surface area contributed by atoms with Crippen molar-refractivity contribution >= 4 is 11.3 Å². The van der Waals surface area contributed by atoms with E-state index in [2.05, 4.69) is 26.8 Å². The van der Waals surface area contributed by atoms with Crippen LogP contribution in [0.5, 0.6) is 0 Å². The maximum Gasteiger partial charge on any atom is 0.0822 e. The normalized spacial score (nSPS) is 29.9. The molecule has 3 fully saturated rings. The van der Waals surface area contributed by atoms with Gasteiger partial charge in [-0.1, -0.05) is 6.42 Å². The van der Waals surface area contributed by atoms with E-state index in [1.165, 1.54) is 42.1 Å². The molecule has 0 unspecified atom stereocenters. The number of β-amino-alcohol motifs (C(OH)–C–C–N with tert-alkyl or cyclic N) is 1. The van der Waals surface area contributed by atoms with Crippen LogP contribution in [-0.4, -0.2) is 84.4 Å². The zero-order chi connectivity index (χ0) is 17.8. The number of thiophene rings is 1. The fourth-order valence-electron chi connectivity index (χ4n) is 4.61. The van der Waals surface area contributed by atoms with Gasteiger partial charge in [-0.05, 0) is 44.5 Å². The molecular formula is C20H33N3O2S. The first kappa shape index (κ1) is 18.8. The topological polar surface area (TPSA) is 39.2 Å². The van der Waals surface area contributed by atoms with Crippen LogP contribution in [0.3, 0.4) is 0 Å². The largest absolute Gasteiger partial charge is 0.390 e. The average Bonchev–Trinajstić information content (AvgIpc) is 3.10. The van der Waals surface area contributed by atoms with Crippen molar-refractivity contribution in [3.63, 3.8) is 0 Å². The number of hydrogen-bond acceptors (Lipinski definition) is 6. The Bertz CT molecular complexity index is 555. The maximum atomic E-state index is 10.7. The van der Waals surface area contributed by atoms with Gasteiger partial charge in [0.15, 0.2) is 0 Å². The summed E-state index contributed by atoms with van der Waals surface area (Å²) < 4.78 is 5.45. The fourth-order valence-corrected chi connectivity index (χ4v) is 5.72. The van der Waals surface area contributed by atoms with E-state index in [4.69, 9.17) is 4.74 Å². The van der Waals surface area contributed by atoms with Gasteiger partial charge in [-0.2, -0.15) is 0 Å². The van der Waals surface area contributed by atoms with Gasteiger partial charge in [0.25, 0.3) is 0 Å². The molecule has 0 spiro atoms. The van der Waals surface area contributed by atoms with Crippen LogP contribution in [0.15, 0.2) is 12.1 Å². The van der Waals surface area contributed by atoms with E-state index >= 15 is 0 Å². The lowest BCUT2D eigenvalue weighted by molar-refractivity contribution is -0.0532. The van der Waals surface area contributed by atoms with Crippen molar-refractivity contribution < 1.29 is 9.84 Å². The van der Waals surface area contributed by atoms with Gasteiger partial charge in [0, 0.05) is 55.1 Å². The van der Waals surface area contributed by atoms with E-state index in [-0.39, 0.29) is 6.10 Å². The number of aliphatic hydroxyl groups is 1. The number of morpholine rings is 1. The standard InChI is InChI=1S/C20H33N3O2S/c24-20-16-22(9-6-19(20)23-10-12-25-13-11-23)15-18-5-4-17(26-18)14-21-7-2-1-3-8-21/h4-5,19-20,24H,1-3,6-16H2/t19-,20-/m1/s1. The highest BCUT2D eigenvalue weighted by atomic mass is 32.1. The molecule has 146 valence electrons. The number of piperidine rings is 2. The second kappa shape index (κ2) is 9.13. The summed E-state index contributed by atoms with van der Waals surface area (Å²) in [6, 6.07) is 4.92. The van der Waals surface area contributed by atoms with E-state index < -0.39 is 0 Å². The number of hydrogen-bond donors (Lipinski definition) is 1. The number of ether oxygens (including phenoxy) is 1. The van der Waals surface area contributed by atoms with E-state index in [9.17, 15) is 5.11 Å². The summed E-state index contributed by atoms with van der Waals surface area (Å²) in [5.74, 6) is 0.